The van der Waals surface area contributed by atoms with Crippen molar-refractivity contribution in [2.75, 3.05) is 37.7 Å². The number of aliphatic hydroxyl groups excluding tert-OH is 1. The van der Waals surface area contributed by atoms with Crippen molar-refractivity contribution in [2.45, 2.75) is 12.1 Å². The molecular formula is C8H16N2O3S. The Bertz CT molecular complexity index is 304. The van der Waals surface area contributed by atoms with Crippen LogP contribution in [0.3, 0.4) is 0 Å². The van der Waals surface area contributed by atoms with Crippen LogP contribution in [0.2, 0.25) is 0 Å². The highest BCUT2D eigenvalue weighted by atomic mass is 32.2. The van der Waals surface area contributed by atoms with Crippen molar-refractivity contribution in [3.8, 4) is 0 Å². The molecule has 2 fully saturated rings. The molecule has 0 aliphatic carbocycles. The summed E-state index contributed by atoms with van der Waals surface area (Å²) >= 11 is 0. The molecule has 0 amide bonds. The minimum atomic E-state index is -2.82. The molecule has 2 aliphatic heterocycles. The summed E-state index contributed by atoms with van der Waals surface area (Å²) in [7, 11) is -2.82. The fourth-order valence-corrected chi connectivity index (χ4v) is 3.72. The molecule has 2 heterocycles. The van der Waals surface area contributed by atoms with Gasteiger partial charge in [0.05, 0.1) is 18.1 Å². The van der Waals surface area contributed by atoms with Crippen LogP contribution in [0, 0.1) is 0 Å². The van der Waals surface area contributed by atoms with Gasteiger partial charge in [-0.1, -0.05) is 0 Å². The second-order valence-corrected chi connectivity index (χ2v) is 6.28. The minimum absolute atomic E-state index is 0.104. The Balaban J connectivity index is 2.01. The number of fused-ring (bicyclic) bond motifs is 1. The van der Waals surface area contributed by atoms with E-state index in [0.717, 1.165) is 6.54 Å². The Morgan fingerprint density at radius 2 is 2.29 bits per heavy atom. The number of nitrogens with one attached hydrogen (secondary N) is 1. The third-order valence-electron chi connectivity index (χ3n) is 2.97. The molecule has 2 rings (SSSR count). The monoisotopic (exact) mass is 220 g/mol. The molecule has 82 valence electrons. The zero-order valence-electron chi connectivity index (χ0n) is 8.02. The van der Waals surface area contributed by atoms with E-state index in [-0.39, 0.29) is 30.2 Å². The van der Waals surface area contributed by atoms with Crippen LogP contribution in [0.5, 0.6) is 0 Å². The maximum absolute atomic E-state index is 11.4. The number of sulfone groups is 1. The van der Waals surface area contributed by atoms with Gasteiger partial charge in [0.2, 0.25) is 0 Å². The van der Waals surface area contributed by atoms with Crippen LogP contribution in [0.1, 0.15) is 0 Å². The van der Waals surface area contributed by atoms with Gasteiger partial charge in [-0.05, 0) is 0 Å². The highest BCUT2D eigenvalue weighted by Gasteiger charge is 2.35. The molecule has 2 atom stereocenters. The van der Waals surface area contributed by atoms with Crippen LogP contribution in [-0.2, 0) is 9.84 Å². The van der Waals surface area contributed by atoms with Crippen molar-refractivity contribution < 1.29 is 13.5 Å². The molecule has 0 saturated carbocycles. The summed E-state index contributed by atoms with van der Waals surface area (Å²) in [6.07, 6.45) is 0. The maximum Gasteiger partial charge on any atom is 0.153 e. The molecule has 14 heavy (non-hydrogen) atoms. The lowest BCUT2D eigenvalue weighted by Crippen LogP contribution is -2.62. The molecule has 2 saturated heterocycles. The molecule has 2 aliphatic rings. The SMILES string of the molecule is O=S1(=O)CCN2C[C@@H](CO)NC[C@H]2C1. The Kier molecular flexibility index (Phi) is 2.79. The Morgan fingerprint density at radius 3 is 3.00 bits per heavy atom. The van der Waals surface area contributed by atoms with Gasteiger partial charge in [0.15, 0.2) is 9.84 Å². The highest BCUT2D eigenvalue weighted by Crippen LogP contribution is 2.14. The van der Waals surface area contributed by atoms with E-state index in [1.54, 1.807) is 0 Å². The second-order valence-electron chi connectivity index (χ2n) is 4.05. The Hall–Kier alpha value is -0.170. The number of nitrogens with zero attached hydrogens (tertiary/aromatic N) is 1. The Labute approximate surface area is 84.0 Å². The van der Waals surface area contributed by atoms with E-state index in [1.807, 2.05) is 0 Å². The zero-order chi connectivity index (χ0) is 10.2. The average Bonchev–Trinajstić information content (AvgIpc) is 2.16. The third kappa shape index (κ3) is 2.08. The molecule has 0 bridgehead atoms. The average molecular weight is 220 g/mol. The van der Waals surface area contributed by atoms with Crippen molar-refractivity contribution in [3.63, 3.8) is 0 Å². The van der Waals surface area contributed by atoms with Crippen molar-refractivity contribution >= 4 is 9.84 Å². The van der Waals surface area contributed by atoms with Crippen molar-refractivity contribution in [3.05, 3.63) is 0 Å². The molecule has 0 aromatic rings. The van der Waals surface area contributed by atoms with Crippen LogP contribution in [0.15, 0.2) is 0 Å². The summed E-state index contributed by atoms with van der Waals surface area (Å²) in [6, 6.07) is 0.212. The summed E-state index contributed by atoms with van der Waals surface area (Å²) < 4.78 is 22.7. The number of piperazine rings is 1. The second kappa shape index (κ2) is 3.77. The van der Waals surface area contributed by atoms with Crippen molar-refractivity contribution in [2.24, 2.45) is 0 Å². The quantitative estimate of drug-likeness (QED) is 0.537. The molecule has 2 N–H and O–H groups in total. The first-order valence-electron chi connectivity index (χ1n) is 4.89. The molecule has 0 unspecified atom stereocenters. The lowest BCUT2D eigenvalue weighted by Gasteiger charge is -2.42. The van der Waals surface area contributed by atoms with Crippen LogP contribution >= 0.6 is 0 Å². The first kappa shape index (κ1) is 10.4. The number of aliphatic hydroxyl groups is 1. The molecule has 5 nitrogen and oxygen atoms in total. The number of hydrogen-bond acceptors (Lipinski definition) is 5. The van der Waals surface area contributed by atoms with E-state index < -0.39 is 9.84 Å². The predicted molar refractivity (Wildman–Crippen MR) is 52.9 cm³/mol. The maximum atomic E-state index is 11.4. The van der Waals surface area contributed by atoms with E-state index in [0.29, 0.717) is 13.1 Å². The number of hydrogen-bond donors (Lipinski definition) is 2. The van der Waals surface area contributed by atoms with Crippen LogP contribution in [0.4, 0.5) is 0 Å². The third-order valence-corrected chi connectivity index (χ3v) is 4.67. The van der Waals surface area contributed by atoms with Gasteiger partial charge in [-0.15, -0.1) is 0 Å². The first-order valence-corrected chi connectivity index (χ1v) is 6.71. The first-order chi connectivity index (χ1) is 6.61. The normalized spacial score (nSPS) is 37.8. The molecule has 0 radical (unpaired) electrons. The van der Waals surface area contributed by atoms with Crippen molar-refractivity contribution in [1.29, 1.82) is 0 Å². The standard InChI is InChI=1S/C8H16N2O3S/c11-5-7-4-10-1-2-14(12,13)6-8(10)3-9-7/h7-9,11H,1-6H2/t7-,8-/m0/s1. The summed E-state index contributed by atoms with van der Waals surface area (Å²) in [5, 5.41) is 12.1. The predicted octanol–water partition coefficient (Wildman–Crippen LogP) is -1.95. The summed E-state index contributed by atoms with van der Waals surface area (Å²) in [4.78, 5) is 2.17. The largest absolute Gasteiger partial charge is 0.395 e. The molecular weight excluding hydrogens is 204 g/mol. The van der Waals surface area contributed by atoms with Gasteiger partial charge in [-0.25, -0.2) is 8.42 Å². The summed E-state index contributed by atoms with van der Waals surface area (Å²) in [5.41, 5.74) is 0. The summed E-state index contributed by atoms with van der Waals surface area (Å²) in [5.74, 6) is 0.528. The van der Waals surface area contributed by atoms with Crippen LogP contribution in [0.25, 0.3) is 0 Å². The lowest BCUT2D eigenvalue weighted by atomic mass is 10.1. The van der Waals surface area contributed by atoms with E-state index in [2.05, 4.69) is 10.2 Å². The number of rotatable bonds is 1. The Morgan fingerprint density at radius 1 is 1.50 bits per heavy atom. The molecule has 0 aromatic heterocycles. The lowest BCUT2D eigenvalue weighted by molar-refractivity contribution is 0.111. The van der Waals surface area contributed by atoms with Gasteiger partial charge >= 0.3 is 0 Å². The van der Waals surface area contributed by atoms with E-state index in [4.69, 9.17) is 5.11 Å². The van der Waals surface area contributed by atoms with Gasteiger partial charge in [-0.3, -0.25) is 4.90 Å². The van der Waals surface area contributed by atoms with Gasteiger partial charge < -0.3 is 10.4 Å². The van der Waals surface area contributed by atoms with Gasteiger partial charge in [0.25, 0.3) is 0 Å². The minimum Gasteiger partial charge on any atom is -0.395 e. The zero-order valence-corrected chi connectivity index (χ0v) is 8.83. The van der Waals surface area contributed by atoms with E-state index in [1.165, 1.54) is 0 Å². The van der Waals surface area contributed by atoms with Crippen molar-refractivity contribution in [1.82, 2.24) is 10.2 Å². The molecule has 6 heteroatoms. The van der Waals surface area contributed by atoms with E-state index >= 15 is 0 Å². The van der Waals surface area contributed by atoms with Gasteiger partial charge in [0.1, 0.15) is 0 Å². The van der Waals surface area contributed by atoms with Crippen LogP contribution < -0.4 is 5.32 Å². The topological polar surface area (TPSA) is 69.6 Å². The smallest absolute Gasteiger partial charge is 0.153 e. The fraction of sp³-hybridized carbons (Fsp3) is 1.00. The highest BCUT2D eigenvalue weighted by molar-refractivity contribution is 7.91. The summed E-state index contributed by atoms with van der Waals surface area (Å²) in [6.45, 7) is 2.17. The van der Waals surface area contributed by atoms with Gasteiger partial charge in [-0.2, -0.15) is 0 Å². The van der Waals surface area contributed by atoms with E-state index in [9.17, 15) is 8.42 Å². The van der Waals surface area contributed by atoms with Crippen LogP contribution in [-0.4, -0.2) is 68.3 Å². The molecule has 0 aromatic carbocycles. The van der Waals surface area contributed by atoms with Gasteiger partial charge in [0, 0.05) is 31.7 Å². The molecule has 0 spiro atoms. The fourth-order valence-electron chi connectivity index (χ4n) is 2.12.